The predicted molar refractivity (Wildman–Crippen MR) is 183 cm³/mol. The quantitative estimate of drug-likeness (QED) is 0.186. The smallest absolute Gasteiger partial charge is 0.264 e. The molecule has 0 unspecified atom stereocenters. The minimum atomic E-state index is -4.46. The molecule has 1 aliphatic rings. The first-order valence-electron chi connectivity index (χ1n) is 15.2. The van der Waals surface area contributed by atoms with Crippen LogP contribution in [0.2, 0.25) is 10.0 Å². The van der Waals surface area contributed by atoms with Gasteiger partial charge in [-0.15, -0.1) is 0 Å². The van der Waals surface area contributed by atoms with Crippen molar-refractivity contribution in [3.8, 4) is 11.5 Å². The molecule has 1 N–H and O–H groups in total. The molecule has 0 saturated heterocycles. The van der Waals surface area contributed by atoms with E-state index in [1.807, 2.05) is 30.3 Å². The number of hydrogen-bond donors (Lipinski definition) is 1. The van der Waals surface area contributed by atoms with Crippen molar-refractivity contribution in [1.29, 1.82) is 0 Å². The lowest BCUT2D eigenvalue weighted by molar-refractivity contribution is -0.140. The first-order chi connectivity index (χ1) is 22.9. The van der Waals surface area contributed by atoms with E-state index in [2.05, 4.69) is 5.32 Å². The summed E-state index contributed by atoms with van der Waals surface area (Å²) in [7, 11) is -4.46. The number of nitrogens with zero attached hydrogens (tertiary/aromatic N) is 2. The maximum absolute atomic E-state index is 14.6. The highest BCUT2D eigenvalue weighted by atomic mass is 35.5. The monoisotopic (exact) mass is 713 g/mol. The van der Waals surface area contributed by atoms with Gasteiger partial charge in [0.15, 0.2) is 11.5 Å². The van der Waals surface area contributed by atoms with Gasteiger partial charge < -0.3 is 19.7 Å². The molecule has 0 bridgehead atoms. The zero-order valence-electron chi connectivity index (χ0n) is 26.2. The molecule has 0 spiro atoms. The minimum absolute atomic E-state index is 0.0374. The molecule has 0 aliphatic carbocycles. The van der Waals surface area contributed by atoms with Gasteiger partial charge in [0, 0.05) is 35.1 Å². The number of carbonyl (C=O) groups is 2. The molecule has 1 heterocycles. The fraction of sp³-hybridized carbons (Fsp3) is 0.257. The number of nitrogens with one attached hydrogen (secondary N) is 1. The zero-order valence-corrected chi connectivity index (χ0v) is 28.6. The summed E-state index contributed by atoms with van der Waals surface area (Å²) in [6.45, 7) is 3.29. The summed E-state index contributed by atoms with van der Waals surface area (Å²) >= 11 is 12.7. The van der Waals surface area contributed by atoms with E-state index in [0.29, 0.717) is 22.9 Å². The van der Waals surface area contributed by atoms with Gasteiger partial charge in [0.2, 0.25) is 11.8 Å². The van der Waals surface area contributed by atoms with E-state index in [9.17, 15) is 22.4 Å². The Hall–Kier alpha value is -4.32. The second-order valence-corrected chi connectivity index (χ2v) is 14.1. The van der Waals surface area contributed by atoms with Crippen LogP contribution < -0.4 is 19.1 Å². The fourth-order valence-electron chi connectivity index (χ4n) is 5.22. The van der Waals surface area contributed by atoms with E-state index in [0.717, 1.165) is 22.0 Å². The Kier molecular flexibility index (Phi) is 11.1. The van der Waals surface area contributed by atoms with Crippen LogP contribution in [0.1, 0.15) is 25.0 Å². The molecular formula is C35H34Cl2FN3O6S. The summed E-state index contributed by atoms with van der Waals surface area (Å²) < 4.78 is 54.7. The molecule has 13 heteroatoms. The highest BCUT2D eigenvalue weighted by Gasteiger charge is 2.35. The standard InChI is InChI=1S/C35H34Cl2FN3O6S/c1-23(2)39-35(43)31(18-24-6-4-3-5-7-24)40(21-25-8-9-26(36)19-30(25)37)34(42)22-41(28-12-10-27(38)11-13-28)48(44,45)29-14-15-32-33(20-29)47-17-16-46-32/h3-15,19-20,23,31H,16-18,21-22H2,1-2H3,(H,39,43)/t31-/m0/s1. The lowest BCUT2D eigenvalue weighted by Crippen LogP contribution is -2.54. The molecule has 0 fully saturated rings. The van der Waals surface area contributed by atoms with Crippen LogP contribution in [-0.2, 0) is 32.6 Å². The van der Waals surface area contributed by atoms with Gasteiger partial charge in [-0.2, -0.15) is 0 Å². The number of carbonyl (C=O) groups excluding carboxylic acids is 2. The molecule has 1 aliphatic heterocycles. The number of amides is 2. The Balaban J connectivity index is 1.59. The Morgan fingerprint density at radius 3 is 2.25 bits per heavy atom. The molecule has 5 rings (SSSR count). The van der Waals surface area contributed by atoms with Gasteiger partial charge >= 0.3 is 0 Å². The molecule has 1 atom stereocenters. The van der Waals surface area contributed by atoms with Crippen molar-refractivity contribution in [3.05, 3.63) is 118 Å². The normalized spacial score (nSPS) is 13.1. The third-order valence-corrected chi connectivity index (χ3v) is 9.91. The number of ether oxygens (including phenoxy) is 2. The maximum Gasteiger partial charge on any atom is 0.264 e. The molecule has 4 aromatic rings. The first kappa shape index (κ1) is 35.0. The number of benzene rings is 4. The molecule has 0 radical (unpaired) electrons. The maximum atomic E-state index is 14.6. The summed E-state index contributed by atoms with van der Waals surface area (Å²) in [4.78, 5) is 29.5. The number of anilines is 1. The van der Waals surface area contributed by atoms with Gasteiger partial charge in [0.25, 0.3) is 10.0 Å². The molecule has 48 heavy (non-hydrogen) atoms. The summed E-state index contributed by atoms with van der Waals surface area (Å²) in [5, 5.41) is 3.55. The average Bonchev–Trinajstić information content (AvgIpc) is 3.06. The number of sulfonamides is 1. The van der Waals surface area contributed by atoms with Crippen LogP contribution >= 0.6 is 23.2 Å². The lowest BCUT2D eigenvalue weighted by Gasteiger charge is -2.34. The van der Waals surface area contributed by atoms with E-state index >= 15 is 0 Å². The van der Waals surface area contributed by atoms with Gasteiger partial charge in [0.05, 0.1) is 10.6 Å². The highest BCUT2D eigenvalue weighted by Crippen LogP contribution is 2.34. The van der Waals surface area contributed by atoms with E-state index in [4.69, 9.17) is 32.7 Å². The van der Waals surface area contributed by atoms with Crippen molar-refractivity contribution in [2.24, 2.45) is 0 Å². The second-order valence-electron chi connectivity index (χ2n) is 11.4. The molecule has 0 saturated carbocycles. The van der Waals surface area contributed by atoms with Crippen LogP contribution in [0.25, 0.3) is 0 Å². The summed E-state index contributed by atoms with van der Waals surface area (Å²) in [5.41, 5.74) is 1.31. The number of halogens is 3. The summed E-state index contributed by atoms with van der Waals surface area (Å²) in [6, 6.07) is 21.5. The van der Waals surface area contributed by atoms with Crippen LogP contribution in [0.15, 0.2) is 95.9 Å². The van der Waals surface area contributed by atoms with Crippen molar-refractivity contribution in [2.45, 2.75) is 43.8 Å². The van der Waals surface area contributed by atoms with Crippen molar-refractivity contribution in [3.63, 3.8) is 0 Å². The SMILES string of the molecule is CC(C)NC(=O)[C@H](Cc1ccccc1)N(Cc1ccc(Cl)cc1Cl)C(=O)CN(c1ccc(F)cc1)S(=O)(=O)c1ccc2c(c1)OCCO2. The lowest BCUT2D eigenvalue weighted by atomic mass is 10.0. The van der Waals surface area contributed by atoms with Crippen LogP contribution in [0.5, 0.6) is 11.5 Å². The van der Waals surface area contributed by atoms with E-state index in [1.165, 1.54) is 41.3 Å². The molecule has 252 valence electrons. The molecule has 4 aromatic carbocycles. The minimum Gasteiger partial charge on any atom is -0.486 e. The second kappa shape index (κ2) is 15.3. The third-order valence-electron chi connectivity index (χ3n) is 7.55. The van der Waals surface area contributed by atoms with Crippen molar-refractivity contribution in [1.82, 2.24) is 10.2 Å². The van der Waals surface area contributed by atoms with E-state index < -0.39 is 40.2 Å². The average molecular weight is 715 g/mol. The summed E-state index contributed by atoms with van der Waals surface area (Å²) in [5.74, 6) is -1.11. The zero-order chi connectivity index (χ0) is 34.4. The highest BCUT2D eigenvalue weighted by molar-refractivity contribution is 7.92. The number of hydrogen-bond acceptors (Lipinski definition) is 6. The van der Waals surface area contributed by atoms with Crippen LogP contribution in [0.3, 0.4) is 0 Å². The molecular weight excluding hydrogens is 680 g/mol. The Bertz CT molecular complexity index is 1880. The number of fused-ring (bicyclic) bond motifs is 1. The predicted octanol–water partition coefficient (Wildman–Crippen LogP) is 6.26. The van der Waals surface area contributed by atoms with Crippen molar-refractivity contribution >= 4 is 50.7 Å². The topological polar surface area (TPSA) is 105 Å². The fourth-order valence-corrected chi connectivity index (χ4v) is 7.11. The Morgan fingerprint density at radius 1 is 0.896 bits per heavy atom. The summed E-state index contributed by atoms with van der Waals surface area (Å²) in [6.07, 6.45) is 0.127. The van der Waals surface area contributed by atoms with Gasteiger partial charge in [-0.1, -0.05) is 59.6 Å². The largest absolute Gasteiger partial charge is 0.486 e. The van der Waals surface area contributed by atoms with E-state index in [1.54, 1.807) is 26.0 Å². The van der Waals surface area contributed by atoms with Crippen LogP contribution in [0.4, 0.5) is 10.1 Å². The van der Waals surface area contributed by atoms with Gasteiger partial charge in [0.1, 0.15) is 31.6 Å². The van der Waals surface area contributed by atoms with Crippen LogP contribution in [0, 0.1) is 5.82 Å². The number of rotatable bonds is 12. The van der Waals surface area contributed by atoms with Crippen molar-refractivity contribution < 1.29 is 31.9 Å². The Morgan fingerprint density at radius 2 is 1.58 bits per heavy atom. The van der Waals surface area contributed by atoms with Gasteiger partial charge in [-0.25, -0.2) is 12.8 Å². The van der Waals surface area contributed by atoms with Crippen molar-refractivity contribution in [2.75, 3.05) is 24.1 Å². The van der Waals surface area contributed by atoms with E-state index in [-0.39, 0.29) is 47.0 Å². The van der Waals surface area contributed by atoms with Crippen LogP contribution in [-0.4, -0.2) is 57.0 Å². The Labute approximate surface area is 289 Å². The molecule has 9 nitrogen and oxygen atoms in total. The molecule has 0 aromatic heterocycles. The molecule has 2 amide bonds. The van der Waals surface area contributed by atoms with Gasteiger partial charge in [-0.3, -0.25) is 13.9 Å². The van der Waals surface area contributed by atoms with Gasteiger partial charge in [-0.05, 0) is 73.5 Å². The first-order valence-corrected chi connectivity index (χ1v) is 17.4. The third kappa shape index (κ3) is 8.39.